The number of benzene rings is 2. The first-order valence-corrected chi connectivity index (χ1v) is 11.0. The molecule has 0 bridgehead atoms. The molecule has 29 heavy (non-hydrogen) atoms. The van der Waals surface area contributed by atoms with Gasteiger partial charge in [-0.25, -0.2) is 0 Å². The molecule has 0 fully saturated rings. The van der Waals surface area contributed by atoms with Gasteiger partial charge < -0.3 is 14.9 Å². The molecule has 4 nitrogen and oxygen atoms in total. The van der Waals surface area contributed by atoms with E-state index in [-0.39, 0.29) is 12.4 Å². The van der Waals surface area contributed by atoms with Crippen molar-refractivity contribution in [3.05, 3.63) is 64.6 Å². The van der Waals surface area contributed by atoms with E-state index in [1.54, 1.807) is 24.3 Å². The van der Waals surface area contributed by atoms with Crippen molar-refractivity contribution in [3.63, 3.8) is 0 Å². The van der Waals surface area contributed by atoms with Crippen LogP contribution in [0.15, 0.2) is 47.9 Å². The SMILES string of the molecule is C=C(C)SN.CC.CC.Cc1cc(CCCO)cc(C)c1Oc1ccc(O)cc1. The van der Waals surface area contributed by atoms with E-state index in [4.69, 9.17) is 15.0 Å². The van der Waals surface area contributed by atoms with Crippen molar-refractivity contribution in [2.45, 2.75) is 61.3 Å². The van der Waals surface area contributed by atoms with Crippen LogP contribution in [0.3, 0.4) is 0 Å². The normalized spacial score (nSPS) is 9.00. The third-order valence-electron chi connectivity index (χ3n) is 3.40. The monoisotopic (exact) mass is 421 g/mol. The zero-order valence-corrected chi connectivity index (χ0v) is 19.9. The average molecular weight is 422 g/mol. The van der Waals surface area contributed by atoms with Crippen molar-refractivity contribution in [1.82, 2.24) is 0 Å². The van der Waals surface area contributed by atoms with Gasteiger partial charge in [0, 0.05) is 6.61 Å². The number of ether oxygens (including phenoxy) is 1. The minimum atomic E-state index is 0.212. The number of hydrogen-bond donors (Lipinski definition) is 3. The van der Waals surface area contributed by atoms with Crippen LogP contribution >= 0.6 is 11.9 Å². The second-order valence-electron chi connectivity index (χ2n) is 5.80. The topological polar surface area (TPSA) is 75.7 Å². The van der Waals surface area contributed by atoms with Crippen LogP contribution in [0.1, 0.15) is 57.7 Å². The van der Waals surface area contributed by atoms with Crippen LogP contribution in [0.5, 0.6) is 17.2 Å². The van der Waals surface area contributed by atoms with Gasteiger partial charge in [0.15, 0.2) is 0 Å². The highest BCUT2D eigenvalue weighted by Crippen LogP contribution is 2.30. The lowest BCUT2D eigenvalue weighted by molar-refractivity contribution is 0.288. The Bertz CT molecular complexity index is 662. The highest BCUT2D eigenvalue weighted by Gasteiger charge is 2.08. The predicted molar refractivity (Wildman–Crippen MR) is 129 cm³/mol. The third kappa shape index (κ3) is 13.0. The molecule has 5 heteroatoms. The van der Waals surface area contributed by atoms with Crippen LogP contribution < -0.4 is 9.88 Å². The Labute approximate surface area is 181 Å². The van der Waals surface area contributed by atoms with Crippen molar-refractivity contribution in [2.75, 3.05) is 6.61 Å². The van der Waals surface area contributed by atoms with E-state index in [9.17, 15) is 5.11 Å². The highest BCUT2D eigenvalue weighted by atomic mass is 32.2. The number of nitrogens with two attached hydrogens (primary N) is 1. The first-order chi connectivity index (χ1) is 13.9. The number of rotatable bonds is 6. The molecule has 0 saturated carbocycles. The van der Waals surface area contributed by atoms with Crippen LogP contribution in [0.4, 0.5) is 0 Å². The summed E-state index contributed by atoms with van der Waals surface area (Å²) in [6.45, 7) is 17.6. The summed E-state index contributed by atoms with van der Waals surface area (Å²) in [5, 5.41) is 23.2. The maximum Gasteiger partial charge on any atom is 0.133 e. The number of aliphatic hydroxyl groups is 1. The van der Waals surface area contributed by atoms with Crippen molar-refractivity contribution in [1.29, 1.82) is 0 Å². The average Bonchev–Trinajstić information content (AvgIpc) is 2.74. The van der Waals surface area contributed by atoms with Gasteiger partial charge in [-0.2, -0.15) is 0 Å². The summed E-state index contributed by atoms with van der Waals surface area (Å²) < 4.78 is 5.89. The van der Waals surface area contributed by atoms with Gasteiger partial charge in [-0.1, -0.05) is 58.4 Å². The number of allylic oxidation sites excluding steroid dienone is 1. The molecule has 0 heterocycles. The number of hydrogen-bond acceptors (Lipinski definition) is 5. The van der Waals surface area contributed by atoms with E-state index >= 15 is 0 Å². The van der Waals surface area contributed by atoms with Crippen molar-refractivity contribution < 1.29 is 14.9 Å². The van der Waals surface area contributed by atoms with Gasteiger partial charge in [0.2, 0.25) is 0 Å². The zero-order chi connectivity index (χ0) is 22.8. The number of aliphatic hydroxyl groups excluding tert-OH is 1. The summed E-state index contributed by atoms with van der Waals surface area (Å²) in [7, 11) is 0. The number of aryl methyl sites for hydroxylation is 3. The molecule has 0 radical (unpaired) electrons. The molecule has 0 atom stereocenters. The molecule has 2 aromatic carbocycles. The van der Waals surface area contributed by atoms with Gasteiger partial charge in [0.05, 0.1) is 0 Å². The minimum absolute atomic E-state index is 0.212. The molecule has 0 aliphatic rings. The van der Waals surface area contributed by atoms with E-state index in [1.807, 2.05) is 48.5 Å². The lowest BCUT2D eigenvalue weighted by Crippen LogP contribution is -1.96. The minimum Gasteiger partial charge on any atom is -0.508 e. The van der Waals surface area contributed by atoms with Gasteiger partial charge in [0.25, 0.3) is 0 Å². The third-order valence-corrected chi connectivity index (χ3v) is 3.80. The highest BCUT2D eigenvalue weighted by molar-refractivity contribution is 8.00. The van der Waals surface area contributed by atoms with Crippen molar-refractivity contribution >= 4 is 11.9 Å². The van der Waals surface area contributed by atoms with Crippen LogP contribution in [-0.2, 0) is 6.42 Å². The number of phenols is 1. The van der Waals surface area contributed by atoms with Crippen LogP contribution in [0.2, 0.25) is 0 Å². The Balaban J connectivity index is 0. The number of phenolic OH excluding ortho intramolecular Hbond substituents is 1. The fraction of sp³-hybridized carbons (Fsp3) is 0.417. The van der Waals surface area contributed by atoms with Gasteiger partial charge in [-0.3, -0.25) is 5.14 Å². The summed E-state index contributed by atoms with van der Waals surface area (Å²) in [4.78, 5) is 0.949. The molecule has 0 saturated heterocycles. The van der Waals surface area contributed by atoms with Crippen molar-refractivity contribution in [2.24, 2.45) is 5.14 Å². The molecule has 0 amide bonds. The summed E-state index contributed by atoms with van der Waals surface area (Å²) in [6, 6.07) is 10.9. The Morgan fingerprint density at radius 2 is 1.48 bits per heavy atom. The number of aromatic hydroxyl groups is 1. The summed E-state index contributed by atoms with van der Waals surface area (Å²) in [6.07, 6.45) is 1.65. The zero-order valence-electron chi connectivity index (χ0n) is 19.1. The fourth-order valence-corrected chi connectivity index (χ4v) is 2.26. The second kappa shape index (κ2) is 18.1. The van der Waals surface area contributed by atoms with Gasteiger partial charge in [-0.05, 0) is 79.5 Å². The molecule has 2 rings (SSSR count). The van der Waals surface area contributed by atoms with Gasteiger partial charge in [0.1, 0.15) is 17.2 Å². The quantitative estimate of drug-likeness (QED) is 0.442. The van der Waals surface area contributed by atoms with E-state index in [0.717, 1.165) is 34.6 Å². The lowest BCUT2D eigenvalue weighted by Gasteiger charge is -2.14. The smallest absolute Gasteiger partial charge is 0.133 e. The van der Waals surface area contributed by atoms with E-state index < -0.39 is 0 Å². The van der Waals surface area contributed by atoms with Crippen LogP contribution in [0.25, 0.3) is 0 Å². The summed E-state index contributed by atoms with van der Waals surface area (Å²) >= 11 is 1.19. The van der Waals surface area contributed by atoms with Crippen LogP contribution in [-0.4, -0.2) is 16.8 Å². The first-order valence-electron chi connectivity index (χ1n) is 10.1. The first kappa shape index (κ1) is 29.3. The van der Waals surface area contributed by atoms with E-state index in [0.29, 0.717) is 5.75 Å². The Hall–Kier alpha value is -1.95. The van der Waals surface area contributed by atoms with Gasteiger partial charge >= 0.3 is 0 Å². The lowest BCUT2D eigenvalue weighted by atomic mass is 10.0. The molecule has 164 valence electrons. The summed E-state index contributed by atoms with van der Waals surface area (Å²) in [5.74, 6) is 1.78. The molecular weight excluding hydrogens is 382 g/mol. The summed E-state index contributed by atoms with van der Waals surface area (Å²) in [5.41, 5.74) is 3.36. The fourth-order valence-electron chi connectivity index (χ4n) is 2.26. The molecule has 2 aromatic rings. The molecule has 0 unspecified atom stereocenters. The molecular formula is C24H39NO3S. The molecule has 0 aliphatic carbocycles. The standard InChI is InChI=1S/C17H20O3.C3H7NS.2C2H6/c1-12-10-14(4-3-9-18)11-13(2)17(12)20-16-7-5-15(19)6-8-16;1-3(2)5-4;2*1-2/h5-8,10-11,18-19H,3-4,9H2,1-2H3;1,4H2,2H3;2*1-2H3. The second-order valence-corrected chi connectivity index (χ2v) is 6.73. The van der Waals surface area contributed by atoms with E-state index in [1.165, 1.54) is 17.5 Å². The largest absolute Gasteiger partial charge is 0.508 e. The molecule has 0 aliphatic heterocycles. The maximum absolute atomic E-state index is 9.27. The molecule has 0 aromatic heterocycles. The van der Waals surface area contributed by atoms with Crippen molar-refractivity contribution in [3.8, 4) is 17.2 Å². The Morgan fingerprint density at radius 1 is 1.03 bits per heavy atom. The predicted octanol–water partition coefficient (Wildman–Crippen LogP) is 6.91. The Kier molecular flexibility index (Phi) is 18.3. The molecule has 4 N–H and O–H groups in total. The van der Waals surface area contributed by atoms with Crippen LogP contribution in [0, 0.1) is 13.8 Å². The van der Waals surface area contributed by atoms with Gasteiger partial charge in [-0.15, -0.1) is 0 Å². The maximum atomic E-state index is 9.27. The molecule has 0 spiro atoms. The Morgan fingerprint density at radius 3 is 1.86 bits per heavy atom. The van der Waals surface area contributed by atoms with E-state index in [2.05, 4.69) is 18.7 Å².